The van der Waals surface area contributed by atoms with Gasteiger partial charge in [0.15, 0.2) is 5.96 Å². The minimum Gasteiger partial charge on any atom is -0.382 e. The zero-order valence-electron chi connectivity index (χ0n) is 14.7. The number of hydrogen-bond donors (Lipinski definition) is 2. The van der Waals surface area contributed by atoms with Crippen molar-refractivity contribution in [1.29, 1.82) is 0 Å². The van der Waals surface area contributed by atoms with Crippen molar-refractivity contribution in [2.45, 2.75) is 58.5 Å². The third-order valence-corrected chi connectivity index (χ3v) is 4.21. The lowest BCUT2D eigenvalue weighted by atomic mass is 9.98. The first kappa shape index (κ1) is 19.2. The molecule has 1 atom stereocenters. The summed E-state index contributed by atoms with van der Waals surface area (Å²) in [6.45, 7) is 8.30. The lowest BCUT2D eigenvalue weighted by molar-refractivity contribution is 0.0169. The van der Waals surface area contributed by atoms with Crippen molar-refractivity contribution < 1.29 is 9.47 Å². The Morgan fingerprint density at radius 2 is 1.86 bits per heavy atom. The molecule has 130 valence electrons. The van der Waals surface area contributed by atoms with Crippen LogP contribution in [0.2, 0.25) is 0 Å². The largest absolute Gasteiger partial charge is 0.382 e. The normalized spacial score (nSPS) is 17.7. The molecule has 22 heavy (non-hydrogen) atoms. The summed E-state index contributed by atoms with van der Waals surface area (Å²) >= 11 is 0. The number of nitrogens with one attached hydrogen (secondary N) is 2. The Morgan fingerprint density at radius 3 is 2.50 bits per heavy atom. The first-order valence-corrected chi connectivity index (χ1v) is 8.95. The predicted molar refractivity (Wildman–Crippen MR) is 92.5 cm³/mol. The first-order valence-electron chi connectivity index (χ1n) is 8.95. The van der Waals surface area contributed by atoms with Crippen LogP contribution in [0.1, 0.15) is 52.4 Å². The van der Waals surface area contributed by atoms with E-state index in [-0.39, 0.29) is 0 Å². The summed E-state index contributed by atoms with van der Waals surface area (Å²) in [6, 6.07) is 0. The monoisotopic (exact) mass is 313 g/mol. The zero-order valence-corrected chi connectivity index (χ0v) is 14.7. The molecule has 5 nitrogen and oxygen atoms in total. The van der Waals surface area contributed by atoms with Gasteiger partial charge in [-0.25, -0.2) is 0 Å². The van der Waals surface area contributed by atoms with Crippen LogP contribution in [-0.2, 0) is 9.47 Å². The van der Waals surface area contributed by atoms with Gasteiger partial charge in [0.05, 0.1) is 6.10 Å². The maximum atomic E-state index is 5.95. The summed E-state index contributed by atoms with van der Waals surface area (Å²) in [6.07, 6.45) is 7.84. The van der Waals surface area contributed by atoms with Crippen molar-refractivity contribution in [3.8, 4) is 0 Å². The topological polar surface area (TPSA) is 54.9 Å². The van der Waals surface area contributed by atoms with Gasteiger partial charge in [0, 0.05) is 40.0 Å². The van der Waals surface area contributed by atoms with Gasteiger partial charge in [-0.2, -0.15) is 0 Å². The number of aliphatic imine (C=N–C) groups is 1. The van der Waals surface area contributed by atoms with E-state index in [0.29, 0.717) is 6.10 Å². The molecule has 0 amide bonds. The van der Waals surface area contributed by atoms with Crippen molar-refractivity contribution in [3.63, 3.8) is 0 Å². The zero-order chi connectivity index (χ0) is 16.0. The Bertz CT molecular complexity index is 292. The van der Waals surface area contributed by atoms with Crippen molar-refractivity contribution in [2.75, 3.05) is 40.0 Å². The Hall–Kier alpha value is -0.810. The number of nitrogens with zero attached hydrogens (tertiary/aromatic N) is 1. The molecular weight excluding hydrogens is 278 g/mol. The molecule has 1 aliphatic rings. The van der Waals surface area contributed by atoms with E-state index in [1.807, 2.05) is 14.0 Å². The van der Waals surface area contributed by atoms with Gasteiger partial charge in [0.25, 0.3) is 0 Å². The number of ether oxygens (including phenoxy) is 2. The van der Waals surface area contributed by atoms with Crippen LogP contribution < -0.4 is 10.6 Å². The van der Waals surface area contributed by atoms with Crippen LogP contribution in [0.3, 0.4) is 0 Å². The summed E-state index contributed by atoms with van der Waals surface area (Å²) in [5, 5.41) is 6.71. The molecule has 0 aliphatic heterocycles. The molecule has 1 fully saturated rings. The Morgan fingerprint density at radius 1 is 1.14 bits per heavy atom. The summed E-state index contributed by atoms with van der Waals surface area (Å²) in [7, 11) is 1.81. The third kappa shape index (κ3) is 7.99. The van der Waals surface area contributed by atoms with Gasteiger partial charge in [0.2, 0.25) is 0 Å². The molecule has 1 rings (SSSR count). The van der Waals surface area contributed by atoms with Crippen LogP contribution in [0.4, 0.5) is 0 Å². The molecular formula is C17H35N3O2. The van der Waals surface area contributed by atoms with Crippen LogP contribution in [-0.4, -0.2) is 52.0 Å². The summed E-state index contributed by atoms with van der Waals surface area (Å²) in [5.74, 6) is 1.63. The van der Waals surface area contributed by atoms with Gasteiger partial charge in [-0.15, -0.1) is 0 Å². The van der Waals surface area contributed by atoms with E-state index in [1.54, 1.807) is 0 Å². The van der Waals surface area contributed by atoms with E-state index < -0.39 is 0 Å². The van der Waals surface area contributed by atoms with Crippen LogP contribution in [0.5, 0.6) is 0 Å². The molecule has 2 N–H and O–H groups in total. The fourth-order valence-corrected chi connectivity index (χ4v) is 3.08. The SMILES string of the molecule is CCOCCCNC(=NC)NCCC(OCC)C1CCCC1. The van der Waals surface area contributed by atoms with Gasteiger partial charge in [-0.1, -0.05) is 12.8 Å². The van der Waals surface area contributed by atoms with Crippen molar-refractivity contribution in [1.82, 2.24) is 10.6 Å². The van der Waals surface area contributed by atoms with Gasteiger partial charge in [-0.3, -0.25) is 4.99 Å². The van der Waals surface area contributed by atoms with E-state index in [0.717, 1.165) is 57.6 Å². The first-order chi connectivity index (χ1) is 10.8. The number of guanidine groups is 1. The van der Waals surface area contributed by atoms with E-state index in [1.165, 1.54) is 25.7 Å². The second kappa shape index (κ2) is 12.7. The Labute approximate surface area is 136 Å². The lowest BCUT2D eigenvalue weighted by Crippen LogP contribution is -2.40. The minimum absolute atomic E-state index is 0.399. The average molecular weight is 313 g/mol. The molecule has 1 saturated carbocycles. The molecule has 0 spiro atoms. The molecule has 0 bridgehead atoms. The fourth-order valence-electron chi connectivity index (χ4n) is 3.08. The standard InChI is InChI=1S/C17H35N3O2/c1-4-21-14-8-12-19-17(18-3)20-13-11-16(22-5-2)15-9-6-7-10-15/h15-16H,4-14H2,1-3H3,(H2,18,19,20). The van der Waals surface area contributed by atoms with Gasteiger partial charge >= 0.3 is 0 Å². The summed E-state index contributed by atoms with van der Waals surface area (Å²) < 4.78 is 11.3. The minimum atomic E-state index is 0.399. The highest BCUT2D eigenvalue weighted by Gasteiger charge is 2.24. The molecule has 0 saturated heterocycles. The van der Waals surface area contributed by atoms with E-state index >= 15 is 0 Å². The van der Waals surface area contributed by atoms with Crippen molar-refractivity contribution in [3.05, 3.63) is 0 Å². The highest BCUT2D eigenvalue weighted by Crippen LogP contribution is 2.30. The molecule has 5 heteroatoms. The third-order valence-electron chi connectivity index (χ3n) is 4.21. The van der Waals surface area contributed by atoms with E-state index in [4.69, 9.17) is 9.47 Å². The molecule has 0 aromatic rings. The molecule has 0 aromatic heterocycles. The summed E-state index contributed by atoms with van der Waals surface area (Å²) in [5.41, 5.74) is 0. The average Bonchev–Trinajstić information content (AvgIpc) is 3.06. The molecule has 1 unspecified atom stereocenters. The Balaban J connectivity index is 2.18. The summed E-state index contributed by atoms with van der Waals surface area (Å²) in [4.78, 5) is 4.26. The van der Waals surface area contributed by atoms with Crippen LogP contribution in [0.15, 0.2) is 4.99 Å². The van der Waals surface area contributed by atoms with Crippen LogP contribution in [0, 0.1) is 5.92 Å². The predicted octanol–water partition coefficient (Wildman–Crippen LogP) is 2.56. The van der Waals surface area contributed by atoms with Gasteiger partial charge in [0.1, 0.15) is 0 Å². The van der Waals surface area contributed by atoms with E-state index in [9.17, 15) is 0 Å². The molecule has 0 heterocycles. The highest BCUT2D eigenvalue weighted by atomic mass is 16.5. The van der Waals surface area contributed by atoms with Crippen LogP contribution in [0.25, 0.3) is 0 Å². The number of rotatable bonds is 11. The van der Waals surface area contributed by atoms with Crippen molar-refractivity contribution >= 4 is 5.96 Å². The molecule has 0 aromatic carbocycles. The Kier molecular flexibility index (Phi) is 11.1. The van der Waals surface area contributed by atoms with Gasteiger partial charge < -0.3 is 20.1 Å². The van der Waals surface area contributed by atoms with Crippen molar-refractivity contribution in [2.24, 2.45) is 10.9 Å². The number of hydrogen-bond acceptors (Lipinski definition) is 3. The highest BCUT2D eigenvalue weighted by molar-refractivity contribution is 5.79. The molecule has 0 radical (unpaired) electrons. The fraction of sp³-hybridized carbons (Fsp3) is 0.941. The maximum Gasteiger partial charge on any atom is 0.190 e. The second-order valence-electron chi connectivity index (χ2n) is 5.80. The maximum absolute atomic E-state index is 5.95. The smallest absolute Gasteiger partial charge is 0.190 e. The quantitative estimate of drug-likeness (QED) is 0.350. The van der Waals surface area contributed by atoms with E-state index in [2.05, 4.69) is 22.5 Å². The molecule has 1 aliphatic carbocycles. The van der Waals surface area contributed by atoms with Crippen LogP contribution >= 0.6 is 0 Å². The van der Waals surface area contributed by atoms with Gasteiger partial charge in [-0.05, 0) is 45.4 Å². The lowest BCUT2D eigenvalue weighted by Gasteiger charge is -2.24. The second-order valence-corrected chi connectivity index (χ2v) is 5.80.